The molecule has 1 fully saturated rings. The molecule has 0 aromatic heterocycles. The summed E-state index contributed by atoms with van der Waals surface area (Å²) >= 11 is 0. The predicted molar refractivity (Wildman–Crippen MR) is 116 cm³/mol. The summed E-state index contributed by atoms with van der Waals surface area (Å²) in [4.78, 5) is 2.41. The van der Waals surface area contributed by atoms with Gasteiger partial charge in [0.1, 0.15) is 0 Å². The highest BCUT2D eigenvalue weighted by molar-refractivity contribution is 5.70. The fourth-order valence-corrected chi connectivity index (χ4v) is 3.82. The van der Waals surface area contributed by atoms with Gasteiger partial charge in [0.15, 0.2) is 0 Å². The summed E-state index contributed by atoms with van der Waals surface area (Å²) in [5, 5.41) is 9.52. The Morgan fingerprint density at radius 2 is 1.70 bits per heavy atom. The molecule has 2 aromatic rings. The van der Waals surface area contributed by atoms with Gasteiger partial charge in [0.05, 0.1) is 6.61 Å². The first-order valence-electron chi connectivity index (χ1n) is 10.1. The highest BCUT2D eigenvalue weighted by Crippen LogP contribution is 2.24. The molecule has 0 saturated carbocycles. The summed E-state index contributed by atoms with van der Waals surface area (Å²) in [5.41, 5.74) is 6.71. The normalized spacial score (nSPS) is 18.5. The maximum atomic E-state index is 9.52. The smallest absolute Gasteiger partial charge is 0.0587 e. The van der Waals surface area contributed by atoms with Crippen LogP contribution in [0.1, 0.15) is 61.4 Å². The van der Waals surface area contributed by atoms with Crippen LogP contribution in [0, 0.1) is 6.92 Å². The summed E-state index contributed by atoms with van der Waals surface area (Å²) in [6.45, 7) is 11.2. The number of aryl methyl sites for hydroxylation is 1. The van der Waals surface area contributed by atoms with E-state index in [0.717, 1.165) is 19.5 Å². The van der Waals surface area contributed by atoms with E-state index in [4.69, 9.17) is 0 Å². The highest BCUT2D eigenvalue weighted by atomic mass is 16.3. The molecule has 0 radical (unpaired) electrons. The maximum absolute atomic E-state index is 9.52. The van der Waals surface area contributed by atoms with Crippen LogP contribution >= 0.6 is 0 Å². The zero-order valence-corrected chi connectivity index (χ0v) is 17.2. The zero-order chi connectivity index (χ0) is 19.4. The van der Waals surface area contributed by atoms with Crippen LogP contribution in [-0.2, 0) is 12.0 Å². The first-order chi connectivity index (χ1) is 12.9. The third-order valence-corrected chi connectivity index (χ3v) is 5.69. The Balaban J connectivity index is 1.67. The average molecular weight is 364 g/mol. The topological polar surface area (TPSA) is 23.5 Å². The second-order valence-corrected chi connectivity index (χ2v) is 8.84. The second kappa shape index (κ2) is 8.41. The van der Waals surface area contributed by atoms with Crippen LogP contribution in [0.25, 0.3) is 12.2 Å². The number of aliphatic hydroxyl groups is 1. The Labute approximate surface area is 164 Å². The Hall–Kier alpha value is -1.90. The van der Waals surface area contributed by atoms with E-state index >= 15 is 0 Å². The van der Waals surface area contributed by atoms with Crippen molar-refractivity contribution in [2.45, 2.75) is 58.5 Å². The van der Waals surface area contributed by atoms with Crippen LogP contribution in [0.2, 0.25) is 0 Å². The minimum atomic E-state index is 0.194. The van der Waals surface area contributed by atoms with Crippen molar-refractivity contribution in [1.29, 1.82) is 0 Å². The first kappa shape index (κ1) is 19.9. The SMILES string of the molecule is Cc1cc(/C=C/c2ccc(C(C)(C)C)cc2)ccc1CN1CCC[C@@H]1CO. The van der Waals surface area contributed by atoms with Crippen LogP contribution in [0.3, 0.4) is 0 Å². The molecular formula is C25H33NO. The Morgan fingerprint density at radius 3 is 2.33 bits per heavy atom. The largest absolute Gasteiger partial charge is 0.395 e. The lowest BCUT2D eigenvalue weighted by atomic mass is 9.87. The van der Waals surface area contributed by atoms with Gasteiger partial charge in [0.2, 0.25) is 0 Å². The minimum absolute atomic E-state index is 0.194. The number of hydrogen-bond donors (Lipinski definition) is 1. The monoisotopic (exact) mass is 363 g/mol. The van der Waals surface area contributed by atoms with E-state index < -0.39 is 0 Å². The summed E-state index contributed by atoms with van der Waals surface area (Å²) < 4.78 is 0. The lowest BCUT2D eigenvalue weighted by Crippen LogP contribution is -2.31. The molecule has 1 atom stereocenters. The fourth-order valence-electron chi connectivity index (χ4n) is 3.82. The zero-order valence-electron chi connectivity index (χ0n) is 17.2. The van der Waals surface area contributed by atoms with Crippen molar-refractivity contribution >= 4 is 12.2 Å². The van der Waals surface area contributed by atoms with Crippen molar-refractivity contribution in [3.8, 4) is 0 Å². The van der Waals surface area contributed by atoms with Crippen molar-refractivity contribution < 1.29 is 5.11 Å². The molecule has 1 aliphatic rings. The summed E-state index contributed by atoms with van der Waals surface area (Å²) in [7, 11) is 0. The van der Waals surface area contributed by atoms with Crippen LogP contribution in [0.4, 0.5) is 0 Å². The number of nitrogens with zero attached hydrogens (tertiary/aromatic N) is 1. The Kier molecular flexibility index (Phi) is 6.18. The van der Waals surface area contributed by atoms with E-state index in [-0.39, 0.29) is 12.0 Å². The average Bonchev–Trinajstić information content (AvgIpc) is 3.09. The van der Waals surface area contributed by atoms with Crippen molar-refractivity contribution in [2.75, 3.05) is 13.2 Å². The molecule has 0 bridgehead atoms. The molecule has 2 aromatic carbocycles. The van der Waals surface area contributed by atoms with Gasteiger partial charge in [-0.1, -0.05) is 75.4 Å². The number of aliphatic hydroxyl groups excluding tert-OH is 1. The third kappa shape index (κ3) is 5.09. The van der Waals surface area contributed by atoms with E-state index in [9.17, 15) is 5.11 Å². The van der Waals surface area contributed by atoms with Gasteiger partial charge in [-0.3, -0.25) is 4.90 Å². The Bertz CT molecular complexity index is 783. The lowest BCUT2D eigenvalue weighted by Gasteiger charge is -2.23. The van der Waals surface area contributed by atoms with Crippen LogP contribution < -0.4 is 0 Å². The molecule has 0 amide bonds. The number of hydrogen-bond acceptors (Lipinski definition) is 2. The molecule has 1 aliphatic heterocycles. The van der Waals surface area contributed by atoms with Crippen molar-refractivity contribution in [3.05, 3.63) is 70.3 Å². The lowest BCUT2D eigenvalue weighted by molar-refractivity contribution is 0.153. The van der Waals surface area contributed by atoms with E-state index in [1.165, 1.54) is 34.2 Å². The quantitative estimate of drug-likeness (QED) is 0.717. The van der Waals surface area contributed by atoms with Crippen molar-refractivity contribution in [1.82, 2.24) is 4.90 Å². The van der Waals surface area contributed by atoms with E-state index in [1.54, 1.807) is 0 Å². The van der Waals surface area contributed by atoms with Crippen molar-refractivity contribution in [2.24, 2.45) is 0 Å². The first-order valence-corrected chi connectivity index (χ1v) is 10.1. The van der Waals surface area contributed by atoms with Gasteiger partial charge in [-0.15, -0.1) is 0 Å². The van der Waals surface area contributed by atoms with Crippen LogP contribution in [0.15, 0.2) is 42.5 Å². The molecule has 0 unspecified atom stereocenters. The summed E-state index contributed by atoms with van der Waals surface area (Å²) in [6, 6.07) is 15.9. The van der Waals surface area contributed by atoms with E-state index in [1.807, 2.05) is 0 Å². The molecular weight excluding hydrogens is 330 g/mol. The molecule has 144 valence electrons. The van der Waals surface area contributed by atoms with Gasteiger partial charge >= 0.3 is 0 Å². The molecule has 0 spiro atoms. The predicted octanol–water partition coefficient (Wildman–Crippen LogP) is 5.42. The maximum Gasteiger partial charge on any atom is 0.0587 e. The molecule has 0 aliphatic carbocycles. The van der Waals surface area contributed by atoms with Gasteiger partial charge in [-0.2, -0.15) is 0 Å². The van der Waals surface area contributed by atoms with Gasteiger partial charge in [0, 0.05) is 12.6 Å². The van der Waals surface area contributed by atoms with E-state index in [0.29, 0.717) is 6.04 Å². The number of benzene rings is 2. The number of likely N-dealkylation sites (tertiary alicyclic amines) is 1. The van der Waals surface area contributed by atoms with Crippen molar-refractivity contribution in [3.63, 3.8) is 0 Å². The van der Waals surface area contributed by atoms with Crippen LogP contribution in [-0.4, -0.2) is 29.2 Å². The summed E-state index contributed by atoms with van der Waals surface area (Å²) in [5.74, 6) is 0. The molecule has 2 nitrogen and oxygen atoms in total. The number of rotatable bonds is 5. The molecule has 2 heteroatoms. The third-order valence-electron chi connectivity index (χ3n) is 5.69. The van der Waals surface area contributed by atoms with E-state index in [2.05, 4.69) is 87.2 Å². The van der Waals surface area contributed by atoms with Gasteiger partial charge < -0.3 is 5.11 Å². The molecule has 3 rings (SSSR count). The van der Waals surface area contributed by atoms with Gasteiger partial charge in [-0.25, -0.2) is 0 Å². The fraction of sp³-hybridized carbons (Fsp3) is 0.440. The standard InChI is InChI=1S/C25H33NO/c1-19-16-21(8-7-20-10-13-23(14-11-20)25(2,3)4)9-12-22(19)17-26-15-5-6-24(26)18-27/h7-14,16,24,27H,5-6,15,17-18H2,1-4H3/b8-7+/t24-/m1/s1. The van der Waals surface area contributed by atoms with Gasteiger partial charge in [-0.05, 0) is 59.5 Å². The van der Waals surface area contributed by atoms with Crippen LogP contribution in [0.5, 0.6) is 0 Å². The molecule has 1 heterocycles. The highest BCUT2D eigenvalue weighted by Gasteiger charge is 2.23. The molecule has 1 saturated heterocycles. The second-order valence-electron chi connectivity index (χ2n) is 8.84. The minimum Gasteiger partial charge on any atom is -0.395 e. The summed E-state index contributed by atoms with van der Waals surface area (Å²) in [6.07, 6.45) is 6.68. The van der Waals surface area contributed by atoms with Gasteiger partial charge in [0.25, 0.3) is 0 Å². The molecule has 27 heavy (non-hydrogen) atoms. The Morgan fingerprint density at radius 1 is 1.04 bits per heavy atom. The molecule has 1 N–H and O–H groups in total.